The normalized spacial score (nSPS) is 12.2. The zero-order valence-electron chi connectivity index (χ0n) is 8.62. The van der Waals surface area contributed by atoms with Gasteiger partial charge in [-0.25, -0.2) is 4.98 Å². The number of pyridine rings is 1. The van der Waals surface area contributed by atoms with Crippen LogP contribution in [0, 0.1) is 5.95 Å². The molecule has 0 radical (unpaired) electrons. The summed E-state index contributed by atoms with van der Waals surface area (Å²) >= 11 is 3.12. The van der Waals surface area contributed by atoms with Crippen molar-refractivity contribution in [3.63, 3.8) is 0 Å². The summed E-state index contributed by atoms with van der Waals surface area (Å²) in [4.78, 5) is 15.1. The van der Waals surface area contributed by atoms with Gasteiger partial charge in [0.15, 0.2) is 5.78 Å². The minimum absolute atomic E-state index is 0.0150. The average molecular weight is 287 g/mol. The number of aromatic nitrogens is 1. The van der Waals surface area contributed by atoms with Gasteiger partial charge in [0.25, 0.3) is 0 Å². The van der Waals surface area contributed by atoms with Crippen LogP contribution in [0.2, 0.25) is 0 Å². The van der Waals surface area contributed by atoms with Gasteiger partial charge in [0.05, 0.1) is 5.56 Å². The molecule has 16 heavy (non-hydrogen) atoms. The van der Waals surface area contributed by atoms with Crippen molar-refractivity contribution in [3.8, 4) is 0 Å². The van der Waals surface area contributed by atoms with Crippen LogP contribution in [-0.4, -0.2) is 16.8 Å². The van der Waals surface area contributed by atoms with E-state index in [1.54, 1.807) is 6.08 Å². The van der Waals surface area contributed by atoms with Gasteiger partial charge in [-0.15, -0.1) is 6.58 Å². The molecule has 0 bridgehead atoms. The number of carbonyl (C=O) groups excluding carboxylic acids is 1. The molecule has 0 spiro atoms. The molecule has 1 heterocycles. The molecule has 0 aliphatic rings. The zero-order chi connectivity index (χ0) is 12.1. The summed E-state index contributed by atoms with van der Waals surface area (Å²) in [5.41, 5.74) is 5.57. The molecule has 1 aromatic rings. The molecule has 0 saturated heterocycles. The number of nitrogens with two attached hydrogens (primary N) is 1. The highest BCUT2D eigenvalue weighted by Gasteiger charge is 2.16. The summed E-state index contributed by atoms with van der Waals surface area (Å²) < 4.78 is 13.7. The Kier molecular flexibility index (Phi) is 4.76. The van der Waals surface area contributed by atoms with Gasteiger partial charge >= 0.3 is 0 Å². The lowest BCUT2D eigenvalue weighted by Crippen LogP contribution is -2.18. The first-order chi connectivity index (χ1) is 7.56. The highest BCUT2D eigenvalue weighted by atomic mass is 79.9. The van der Waals surface area contributed by atoms with Crippen molar-refractivity contribution in [1.29, 1.82) is 0 Å². The van der Waals surface area contributed by atoms with E-state index in [0.29, 0.717) is 10.9 Å². The highest BCUT2D eigenvalue weighted by Crippen LogP contribution is 2.20. The van der Waals surface area contributed by atoms with Gasteiger partial charge in [0.2, 0.25) is 5.95 Å². The molecule has 0 aromatic carbocycles. The third-order valence-electron chi connectivity index (χ3n) is 2.14. The Morgan fingerprint density at radius 2 is 2.44 bits per heavy atom. The topological polar surface area (TPSA) is 56.0 Å². The first-order valence-electron chi connectivity index (χ1n) is 4.77. The number of Topliss-reactive ketones (excluding diaryl/α,β-unsaturated/α-hetero) is 1. The van der Waals surface area contributed by atoms with E-state index in [4.69, 9.17) is 5.73 Å². The molecule has 1 unspecified atom stereocenters. The van der Waals surface area contributed by atoms with E-state index in [9.17, 15) is 9.18 Å². The van der Waals surface area contributed by atoms with E-state index in [-0.39, 0.29) is 23.8 Å². The van der Waals surface area contributed by atoms with E-state index in [1.807, 2.05) is 0 Å². The molecule has 2 N–H and O–H groups in total. The molecular weight excluding hydrogens is 275 g/mol. The Bertz CT molecular complexity index is 389. The number of ketones is 1. The third kappa shape index (κ3) is 3.21. The van der Waals surface area contributed by atoms with Crippen molar-refractivity contribution in [3.05, 3.63) is 40.9 Å². The molecule has 0 aliphatic heterocycles. The van der Waals surface area contributed by atoms with Crippen LogP contribution in [0.15, 0.2) is 29.4 Å². The zero-order valence-corrected chi connectivity index (χ0v) is 10.2. The van der Waals surface area contributed by atoms with Crippen molar-refractivity contribution in [2.75, 3.05) is 0 Å². The Labute approximate surface area is 102 Å². The van der Waals surface area contributed by atoms with Gasteiger partial charge < -0.3 is 5.73 Å². The monoisotopic (exact) mass is 286 g/mol. The van der Waals surface area contributed by atoms with Crippen LogP contribution in [0.1, 0.15) is 23.2 Å². The second-order valence-electron chi connectivity index (χ2n) is 3.32. The second-order valence-corrected chi connectivity index (χ2v) is 4.17. The number of halogens is 2. The molecule has 1 rings (SSSR count). The van der Waals surface area contributed by atoms with Crippen molar-refractivity contribution in [2.24, 2.45) is 5.73 Å². The van der Waals surface area contributed by atoms with Crippen molar-refractivity contribution in [2.45, 2.75) is 18.9 Å². The van der Waals surface area contributed by atoms with Crippen LogP contribution >= 0.6 is 15.9 Å². The number of nitrogens with zero attached hydrogens (tertiary/aromatic N) is 1. The standard InChI is InChI=1S/C11H12BrFN2O/c1-2-7(14)3-4-9(16)10-8(12)5-6-15-11(10)13/h2,5-7H,1,3-4,14H2. The third-order valence-corrected chi connectivity index (χ3v) is 2.80. The van der Waals surface area contributed by atoms with Gasteiger partial charge in [-0.2, -0.15) is 4.39 Å². The minimum Gasteiger partial charge on any atom is -0.324 e. The smallest absolute Gasteiger partial charge is 0.224 e. The van der Waals surface area contributed by atoms with E-state index < -0.39 is 5.95 Å². The Morgan fingerprint density at radius 1 is 1.75 bits per heavy atom. The largest absolute Gasteiger partial charge is 0.324 e. The molecule has 0 amide bonds. The fraction of sp³-hybridized carbons (Fsp3) is 0.273. The summed E-state index contributed by atoms with van der Waals surface area (Å²) in [6, 6.07) is 1.28. The van der Waals surface area contributed by atoms with Crippen LogP contribution < -0.4 is 5.73 Å². The predicted molar refractivity (Wildman–Crippen MR) is 63.6 cm³/mol. The first kappa shape index (κ1) is 13.0. The van der Waals surface area contributed by atoms with E-state index in [1.165, 1.54) is 12.3 Å². The van der Waals surface area contributed by atoms with Gasteiger partial charge in [0, 0.05) is 23.1 Å². The predicted octanol–water partition coefficient (Wildman–Crippen LogP) is 2.46. The summed E-state index contributed by atoms with van der Waals surface area (Å²) in [6.45, 7) is 3.51. The number of hydrogen-bond donors (Lipinski definition) is 1. The van der Waals surface area contributed by atoms with Crippen LogP contribution in [0.25, 0.3) is 0 Å². The highest BCUT2D eigenvalue weighted by molar-refractivity contribution is 9.10. The van der Waals surface area contributed by atoms with E-state index in [2.05, 4.69) is 27.5 Å². The Hall–Kier alpha value is -1.07. The van der Waals surface area contributed by atoms with Crippen LogP contribution in [0.3, 0.4) is 0 Å². The van der Waals surface area contributed by atoms with Crippen LogP contribution in [0.5, 0.6) is 0 Å². The fourth-order valence-electron chi connectivity index (χ4n) is 1.20. The summed E-state index contributed by atoms with van der Waals surface area (Å²) in [7, 11) is 0. The summed E-state index contributed by atoms with van der Waals surface area (Å²) in [5, 5.41) is 0. The first-order valence-corrected chi connectivity index (χ1v) is 5.57. The molecule has 0 saturated carbocycles. The summed E-state index contributed by atoms with van der Waals surface area (Å²) in [5.74, 6) is -1.07. The molecule has 0 aliphatic carbocycles. The molecule has 1 atom stereocenters. The van der Waals surface area contributed by atoms with Gasteiger partial charge in [-0.3, -0.25) is 4.79 Å². The molecule has 0 fully saturated rings. The Balaban J connectivity index is 2.77. The molecular formula is C11H12BrFN2O. The van der Waals surface area contributed by atoms with Crippen LogP contribution in [0.4, 0.5) is 4.39 Å². The number of rotatable bonds is 5. The maximum Gasteiger partial charge on any atom is 0.224 e. The lowest BCUT2D eigenvalue weighted by atomic mass is 10.1. The van der Waals surface area contributed by atoms with Crippen molar-refractivity contribution < 1.29 is 9.18 Å². The molecule has 5 heteroatoms. The SMILES string of the molecule is C=CC(N)CCC(=O)c1c(Br)ccnc1F. The second kappa shape index (κ2) is 5.86. The maximum absolute atomic E-state index is 13.3. The fourth-order valence-corrected chi connectivity index (χ4v) is 1.71. The number of hydrogen-bond acceptors (Lipinski definition) is 3. The summed E-state index contributed by atoms with van der Waals surface area (Å²) in [6.07, 6.45) is 3.48. The quantitative estimate of drug-likeness (QED) is 0.514. The maximum atomic E-state index is 13.3. The Morgan fingerprint density at radius 3 is 3.00 bits per heavy atom. The van der Waals surface area contributed by atoms with Gasteiger partial charge in [-0.05, 0) is 28.4 Å². The number of carbonyl (C=O) groups is 1. The minimum atomic E-state index is -0.758. The van der Waals surface area contributed by atoms with E-state index >= 15 is 0 Å². The van der Waals surface area contributed by atoms with E-state index in [0.717, 1.165) is 0 Å². The molecule has 1 aromatic heterocycles. The average Bonchev–Trinajstić information content (AvgIpc) is 2.25. The molecule has 86 valence electrons. The van der Waals surface area contributed by atoms with Gasteiger partial charge in [-0.1, -0.05) is 6.08 Å². The van der Waals surface area contributed by atoms with Gasteiger partial charge in [0.1, 0.15) is 0 Å². The van der Waals surface area contributed by atoms with Crippen molar-refractivity contribution >= 4 is 21.7 Å². The lowest BCUT2D eigenvalue weighted by Gasteiger charge is -2.06. The van der Waals surface area contributed by atoms with Crippen LogP contribution in [-0.2, 0) is 0 Å². The lowest BCUT2D eigenvalue weighted by molar-refractivity contribution is 0.0973. The molecule has 3 nitrogen and oxygen atoms in total. The van der Waals surface area contributed by atoms with Crippen molar-refractivity contribution in [1.82, 2.24) is 4.98 Å².